The Morgan fingerprint density at radius 3 is 2.43 bits per heavy atom. The van der Waals surface area contributed by atoms with Crippen molar-refractivity contribution in [2.75, 3.05) is 26.7 Å². The van der Waals surface area contributed by atoms with Gasteiger partial charge in [-0.3, -0.25) is 9.69 Å². The molecule has 2 N–H and O–H groups in total. The van der Waals surface area contributed by atoms with Crippen LogP contribution in [0.5, 0.6) is 0 Å². The van der Waals surface area contributed by atoms with E-state index in [1.165, 1.54) is 12.1 Å². The van der Waals surface area contributed by atoms with E-state index in [-0.39, 0.29) is 5.91 Å². The van der Waals surface area contributed by atoms with Gasteiger partial charge in [-0.2, -0.15) is 0 Å². The molecule has 1 aromatic carbocycles. The van der Waals surface area contributed by atoms with Crippen LogP contribution in [0.4, 0.5) is 8.78 Å². The third kappa shape index (κ3) is 5.06. The van der Waals surface area contributed by atoms with Gasteiger partial charge in [-0.1, -0.05) is 0 Å². The van der Waals surface area contributed by atoms with E-state index in [0.29, 0.717) is 24.7 Å². The summed E-state index contributed by atoms with van der Waals surface area (Å²) in [5.41, 5.74) is 0.611. The molecule has 4 nitrogen and oxygen atoms in total. The Hall–Kier alpha value is -1.53. The fraction of sp³-hybridized carbons (Fsp3) is 0.533. The van der Waals surface area contributed by atoms with Gasteiger partial charge in [0.05, 0.1) is 6.54 Å². The van der Waals surface area contributed by atoms with Gasteiger partial charge in [0.2, 0.25) is 5.91 Å². The molecule has 116 valence electrons. The molecule has 0 unspecified atom stereocenters. The van der Waals surface area contributed by atoms with Crippen LogP contribution in [-0.2, 0) is 11.3 Å². The molecular formula is C15H21F2N3O. The number of nitrogens with zero attached hydrogens (tertiary/aromatic N) is 1. The maximum atomic E-state index is 13.1. The number of amides is 1. The van der Waals surface area contributed by atoms with Gasteiger partial charge in [0.25, 0.3) is 0 Å². The average Bonchev–Trinajstić information content (AvgIpc) is 2.45. The number of halogens is 2. The molecule has 1 aliphatic rings. The van der Waals surface area contributed by atoms with E-state index >= 15 is 0 Å². The first kappa shape index (κ1) is 15.9. The molecule has 0 aromatic heterocycles. The highest BCUT2D eigenvalue weighted by atomic mass is 19.1. The monoisotopic (exact) mass is 297 g/mol. The SMILES string of the molecule is CNC(=O)CN1CCC(NCc2cc(F)cc(F)c2)CC1. The molecule has 21 heavy (non-hydrogen) atoms. The molecule has 0 atom stereocenters. The minimum atomic E-state index is -0.549. The predicted octanol–water partition coefficient (Wildman–Crippen LogP) is 1.26. The van der Waals surface area contributed by atoms with Gasteiger partial charge in [-0.25, -0.2) is 8.78 Å². The van der Waals surface area contributed by atoms with Crippen molar-refractivity contribution in [2.45, 2.75) is 25.4 Å². The maximum absolute atomic E-state index is 13.1. The van der Waals surface area contributed by atoms with Gasteiger partial charge >= 0.3 is 0 Å². The van der Waals surface area contributed by atoms with Crippen LogP contribution in [0.15, 0.2) is 18.2 Å². The van der Waals surface area contributed by atoms with Crippen LogP contribution in [0.3, 0.4) is 0 Å². The molecular weight excluding hydrogens is 276 g/mol. The van der Waals surface area contributed by atoms with E-state index in [0.717, 1.165) is 32.0 Å². The third-order valence-corrected chi connectivity index (χ3v) is 3.75. The van der Waals surface area contributed by atoms with E-state index in [4.69, 9.17) is 0 Å². The van der Waals surface area contributed by atoms with Crippen LogP contribution in [0.25, 0.3) is 0 Å². The number of hydrogen-bond acceptors (Lipinski definition) is 3. The first-order chi connectivity index (χ1) is 10.1. The number of rotatable bonds is 5. The van der Waals surface area contributed by atoms with Crippen LogP contribution in [-0.4, -0.2) is 43.5 Å². The van der Waals surface area contributed by atoms with Crippen molar-refractivity contribution >= 4 is 5.91 Å². The van der Waals surface area contributed by atoms with Gasteiger partial charge in [0.1, 0.15) is 11.6 Å². The van der Waals surface area contributed by atoms with E-state index < -0.39 is 11.6 Å². The Morgan fingerprint density at radius 2 is 1.86 bits per heavy atom. The van der Waals surface area contributed by atoms with Gasteiger partial charge in [-0.15, -0.1) is 0 Å². The van der Waals surface area contributed by atoms with E-state index in [9.17, 15) is 13.6 Å². The molecule has 2 rings (SSSR count). The summed E-state index contributed by atoms with van der Waals surface area (Å²) in [6, 6.07) is 3.88. The Labute approximate surface area is 123 Å². The smallest absolute Gasteiger partial charge is 0.233 e. The second-order valence-corrected chi connectivity index (χ2v) is 5.38. The Bertz CT molecular complexity index is 468. The van der Waals surface area contributed by atoms with E-state index in [1.54, 1.807) is 7.05 Å². The number of nitrogens with one attached hydrogen (secondary N) is 2. The molecule has 1 amide bonds. The van der Waals surface area contributed by atoms with E-state index in [2.05, 4.69) is 15.5 Å². The van der Waals surface area contributed by atoms with Crippen LogP contribution < -0.4 is 10.6 Å². The van der Waals surface area contributed by atoms with Crippen molar-refractivity contribution in [2.24, 2.45) is 0 Å². The van der Waals surface area contributed by atoms with Crippen molar-refractivity contribution in [1.82, 2.24) is 15.5 Å². The molecule has 1 saturated heterocycles. The number of hydrogen-bond donors (Lipinski definition) is 2. The van der Waals surface area contributed by atoms with Crippen LogP contribution in [0.2, 0.25) is 0 Å². The molecule has 0 bridgehead atoms. The van der Waals surface area contributed by atoms with Gasteiger partial charge < -0.3 is 10.6 Å². The number of likely N-dealkylation sites (tertiary alicyclic amines) is 1. The van der Waals surface area contributed by atoms with Crippen molar-refractivity contribution in [3.8, 4) is 0 Å². The molecule has 0 radical (unpaired) electrons. The minimum Gasteiger partial charge on any atom is -0.358 e. The Morgan fingerprint density at radius 1 is 1.24 bits per heavy atom. The zero-order valence-corrected chi connectivity index (χ0v) is 12.2. The average molecular weight is 297 g/mol. The summed E-state index contributed by atoms with van der Waals surface area (Å²) >= 11 is 0. The minimum absolute atomic E-state index is 0.0247. The number of carbonyl (C=O) groups excluding carboxylic acids is 1. The second-order valence-electron chi connectivity index (χ2n) is 5.38. The van der Waals surface area contributed by atoms with Gasteiger partial charge in [0.15, 0.2) is 0 Å². The van der Waals surface area contributed by atoms with Crippen molar-refractivity contribution in [1.29, 1.82) is 0 Å². The summed E-state index contributed by atoms with van der Waals surface area (Å²) in [4.78, 5) is 13.4. The first-order valence-electron chi connectivity index (χ1n) is 7.18. The highest BCUT2D eigenvalue weighted by Gasteiger charge is 2.20. The third-order valence-electron chi connectivity index (χ3n) is 3.75. The predicted molar refractivity (Wildman–Crippen MR) is 76.7 cm³/mol. The van der Waals surface area contributed by atoms with Crippen LogP contribution >= 0.6 is 0 Å². The second kappa shape index (κ2) is 7.47. The number of benzene rings is 1. The molecule has 0 saturated carbocycles. The largest absolute Gasteiger partial charge is 0.358 e. The number of carbonyl (C=O) groups is 1. The molecule has 1 aliphatic heterocycles. The maximum Gasteiger partial charge on any atom is 0.233 e. The first-order valence-corrected chi connectivity index (χ1v) is 7.18. The van der Waals surface area contributed by atoms with Gasteiger partial charge in [-0.05, 0) is 30.5 Å². The lowest BCUT2D eigenvalue weighted by Crippen LogP contribution is -2.45. The molecule has 0 spiro atoms. The number of piperidine rings is 1. The normalized spacial score (nSPS) is 16.9. The highest BCUT2D eigenvalue weighted by Crippen LogP contribution is 2.12. The standard InChI is InChI=1S/C15H21F2N3O/c1-18-15(21)10-20-4-2-14(3-5-20)19-9-11-6-12(16)8-13(17)7-11/h6-8,14,19H,2-5,9-10H2,1H3,(H,18,21). The van der Waals surface area contributed by atoms with E-state index in [1.807, 2.05) is 0 Å². The highest BCUT2D eigenvalue weighted by molar-refractivity contribution is 5.77. The lowest BCUT2D eigenvalue weighted by atomic mass is 10.0. The molecule has 1 aromatic rings. The fourth-order valence-electron chi connectivity index (χ4n) is 2.55. The summed E-state index contributed by atoms with van der Waals surface area (Å²) in [5.74, 6) is -1.07. The van der Waals surface area contributed by atoms with Crippen LogP contribution in [0.1, 0.15) is 18.4 Å². The summed E-state index contributed by atoms with van der Waals surface area (Å²) in [5, 5.41) is 5.93. The molecule has 0 aliphatic carbocycles. The fourth-order valence-corrected chi connectivity index (χ4v) is 2.55. The molecule has 1 heterocycles. The van der Waals surface area contributed by atoms with Crippen molar-refractivity contribution in [3.63, 3.8) is 0 Å². The zero-order valence-electron chi connectivity index (χ0n) is 12.2. The summed E-state index contributed by atoms with van der Waals surface area (Å²) in [6.07, 6.45) is 1.85. The van der Waals surface area contributed by atoms with Crippen molar-refractivity contribution < 1.29 is 13.6 Å². The summed E-state index contributed by atoms with van der Waals surface area (Å²) in [7, 11) is 1.63. The van der Waals surface area contributed by atoms with Crippen LogP contribution in [0, 0.1) is 11.6 Å². The van der Waals surface area contributed by atoms with Crippen molar-refractivity contribution in [3.05, 3.63) is 35.4 Å². The lowest BCUT2D eigenvalue weighted by Gasteiger charge is -2.31. The Kier molecular flexibility index (Phi) is 5.64. The number of likely N-dealkylation sites (N-methyl/N-ethyl adjacent to an activating group) is 1. The quantitative estimate of drug-likeness (QED) is 0.860. The molecule has 6 heteroatoms. The summed E-state index contributed by atoms with van der Waals surface area (Å²) in [6.45, 7) is 2.58. The summed E-state index contributed by atoms with van der Waals surface area (Å²) < 4.78 is 26.2. The zero-order chi connectivity index (χ0) is 15.2. The Balaban J connectivity index is 1.75. The molecule has 1 fully saturated rings. The topological polar surface area (TPSA) is 44.4 Å². The van der Waals surface area contributed by atoms with Gasteiger partial charge in [0, 0.05) is 38.8 Å². The lowest BCUT2D eigenvalue weighted by molar-refractivity contribution is -0.122.